The fourth-order valence-electron chi connectivity index (χ4n) is 6.19. The summed E-state index contributed by atoms with van der Waals surface area (Å²) in [6.07, 6.45) is 0. The van der Waals surface area contributed by atoms with Crippen molar-refractivity contribution >= 4 is 50.9 Å². The molecule has 0 unspecified atom stereocenters. The van der Waals surface area contributed by atoms with Gasteiger partial charge in [0.2, 0.25) is 0 Å². The Morgan fingerprint density at radius 2 is 1.05 bits per heavy atom. The molecule has 0 N–H and O–H groups in total. The Hall–Kier alpha value is -4.96. The molecule has 184 valence electrons. The molecule has 3 nitrogen and oxygen atoms in total. The third-order valence-corrected chi connectivity index (χ3v) is 7.79. The van der Waals surface area contributed by atoms with E-state index in [-0.39, 0.29) is 6.71 Å². The number of hydrogen-bond donors (Lipinski definition) is 0. The highest BCUT2D eigenvalue weighted by molar-refractivity contribution is 6.99. The maximum atomic E-state index is 6.78. The molecule has 0 bridgehead atoms. The lowest BCUT2D eigenvalue weighted by Crippen LogP contribution is -2.57. The van der Waals surface area contributed by atoms with Gasteiger partial charge in [0.1, 0.15) is 23.0 Å². The van der Waals surface area contributed by atoms with Crippen LogP contribution in [0.25, 0.3) is 10.8 Å². The van der Waals surface area contributed by atoms with Crippen LogP contribution in [0.3, 0.4) is 0 Å². The molecule has 0 radical (unpaired) electrons. The van der Waals surface area contributed by atoms with Gasteiger partial charge in [0.15, 0.2) is 0 Å². The van der Waals surface area contributed by atoms with Gasteiger partial charge in [-0.2, -0.15) is 0 Å². The van der Waals surface area contributed by atoms with Crippen molar-refractivity contribution in [3.63, 3.8) is 0 Å². The van der Waals surface area contributed by atoms with Crippen molar-refractivity contribution in [1.29, 1.82) is 0 Å². The molecule has 2 aliphatic rings. The summed E-state index contributed by atoms with van der Waals surface area (Å²) in [6.45, 7) is 2.11. The van der Waals surface area contributed by atoms with Crippen LogP contribution in [0, 0.1) is 6.92 Å². The predicted octanol–water partition coefficient (Wildman–Crippen LogP) is 7.35. The van der Waals surface area contributed by atoms with E-state index < -0.39 is 0 Å². The monoisotopic (exact) mass is 501 g/mol. The fraction of sp³-hybridized carbons (Fsp3) is 0.0286. The minimum absolute atomic E-state index is 0.0187. The summed E-state index contributed by atoms with van der Waals surface area (Å²) < 4.78 is 13.2. The van der Waals surface area contributed by atoms with Crippen molar-refractivity contribution in [2.45, 2.75) is 6.92 Å². The average Bonchev–Trinajstić information content (AvgIpc) is 2.98. The maximum Gasteiger partial charge on any atom is 0.261 e. The van der Waals surface area contributed by atoms with E-state index >= 15 is 0 Å². The van der Waals surface area contributed by atoms with Crippen molar-refractivity contribution in [3.05, 3.63) is 133 Å². The number of nitrogens with zero attached hydrogens (tertiary/aromatic N) is 1. The van der Waals surface area contributed by atoms with Gasteiger partial charge < -0.3 is 14.4 Å². The summed E-state index contributed by atoms with van der Waals surface area (Å²) in [5, 5.41) is 2.36. The van der Waals surface area contributed by atoms with Crippen LogP contribution in [0.5, 0.6) is 23.0 Å². The molecule has 0 amide bonds. The number of benzene rings is 6. The molecule has 0 fully saturated rings. The molecule has 8 rings (SSSR count). The molecule has 0 aromatic heterocycles. The summed E-state index contributed by atoms with van der Waals surface area (Å²) in [5.74, 6) is 3.53. The first-order valence-corrected chi connectivity index (χ1v) is 13.3. The summed E-state index contributed by atoms with van der Waals surface area (Å²) in [7, 11) is 0. The lowest BCUT2D eigenvalue weighted by Gasteiger charge is -2.35. The van der Waals surface area contributed by atoms with Gasteiger partial charge in [0.25, 0.3) is 6.71 Å². The van der Waals surface area contributed by atoms with E-state index in [1.54, 1.807) is 0 Å². The molecule has 2 heterocycles. The summed E-state index contributed by atoms with van der Waals surface area (Å²) >= 11 is 0. The van der Waals surface area contributed by atoms with Gasteiger partial charge in [0.05, 0.1) is 5.69 Å². The lowest BCUT2D eigenvalue weighted by molar-refractivity contribution is 0.464. The SMILES string of the molecule is Cc1cc2c3c(c1)Oc1cc(N(c4ccccc4)c4ccccc4)c4ccccc4c1B3c1ccccc1O2. The molecule has 0 spiro atoms. The summed E-state index contributed by atoms with van der Waals surface area (Å²) in [4.78, 5) is 2.32. The first-order chi connectivity index (χ1) is 19.3. The van der Waals surface area contributed by atoms with Crippen molar-refractivity contribution in [1.82, 2.24) is 0 Å². The number of aryl methyl sites for hydroxylation is 1. The lowest BCUT2D eigenvalue weighted by atomic mass is 9.34. The number of fused-ring (bicyclic) bond motifs is 6. The highest BCUT2D eigenvalue weighted by atomic mass is 16.5. The molecule has 0 atom stereocenters. The number of rotatable bonds is 3. The number of ether oxygens (including phenoxy) is 2. The Balaban J connectivity index is 1.45. The molecule has 0 saturated carbocycles. The first-order valence-electron chi connectivity index (χ1n) is 13.3. The van der Waals surface area contributed by atoms with Crippen LogP contribution in [0.1, 0.15) is 5.56 Å². The van der Waals surface area contributed by atoms with Gasteiger partial charge in [0, 0.05) is 28.3 Å². The molecule has 0 saturated heterocycles. The molecule has 0 aliphatic carbocycles. The van der Waals surface area contributed by atoms with Crippen molar-refractivity contribution in [2.75, 3.05) is 4.90 Å². The Labute approximate surface area is 228 Å². The normalized spacial score (nSPS) is 12.6. The average molecular weight is 501 g/mol. The van der Waals surface area contributed by atoms with Crippen molar-refractivity contribution < 1.29 is 9.47 Å². The third-order valence-electron chi connectivity index (χ3n) is 7.79. The van der Waals surface area contributed by atoms with E-state index in [9.17, 15) is 0 Å². The highest BCUT2D eigenvalue weighted by Crippen LogP contribution is 2.43. The van der Waals surface area contributed by atoms with E-state index in [1.165, 1.54) is 21.7 Å². The molecule has 2 aliphatic heterocycles. The zero-order chi connectivity index (χ0) is 25.9. The minimum Gasteiger partial charge on any atom is -0.458 e. The molecular formula is C35H24BNO2. The number of para-hydroxylation sites is 3. The van der Waals surface area contributed by atoms with Crippen LogP contribution >= 0.6 is 0 Å². The largest absolute Gasteiger partial charge is 0.458 e. The molecule has 4 heteroatoms. The molecular weight excluding hydrogens is 477 g/mol. The van der Waals surface area contributed by atoms with Gasteiger partial charge in [-0.15, -0.1) is 0 Å². The van der Waals surface area contributed by atoms with E-state index in [0.29, 0.717) is 0 Å². The first kappa shape index (κ1) is 22.1. The zero-order valence-electron chi connectivity index (χ0n) is 21.5. The molecule has 6 aromatic rings. The second kappa shape index (κ2) is 8.54. The quantitative estimate of drug-likeness (QED) is 0.237. The Morgan fingerprint density at radius 3 is 1.74 bits per heavy atom. The van der Waals surface area contributed by atoms with Gasteiger partial charge in [-0.1, -0.05) is 78.9 Å². The maximum absolute atomic E-state index is 6.78. The van der Waals surface area contributed by atoms with E-state index in [1.807, 2.05) is 6.07 Å². The summed E-state index contributed by atoms with van der Waals surface area (Å²) in [6, 6.07) is 44.6. The predicted molar refractivity (Wildman–Crippen MR) is 161 cm³/mol. The Kier molecular flexibility index (Phi) is 4.83. The van der Waals surface area contributed by atoms with Crippen molar-refractivity contribution in [2.24, 2.45) is 0 Å². The minimum atomic E-state index is 0.0187. The second-order valence-corrected chi connectivity index (χ2v) is 10.2. The van der Waals surface area contributed by atoms with Crippen LogP contribution in [0.15, 0.2) is 127 Å². The second-order valence-electron chi connectivity index (χ2n) is 10.2. The van der Waals surface area contributed by atoms with Crippen LogP contribution in [-0.2, 0) is 0 Å². The number of hydrogen-bond acceptors (Lipinski definition) is 3. The van der Waals surface area contributed by atoms with Crippen LogP contribution in [-0.4, -0.2) is 6.71 Å². The van der Waals surface area contributed by atoms with Gasteiger partial charge in [-0.25, -0.2) is 0 Å². The fourth-order valence-corrected chi connectivity index (χ4v) is 6.19. The van der Waals surface area contributed by atoms with Crippen molar-refractivity contribution in [3.8, 4) is 23.0 Å². The van der Waals surface area contributed by atoms with E-state index in [2.05, 4.69) is 133 Å². The molecule has 6 aromatic carbocycles. The van der Waals surface area contributed by atoms with Crippen LogP contribution < -0.4 is 30.8 Å². The van der Waals surface area contributed by atoms with E-state index in [0.717, 1.165) is 51.1 Å². The van der Waals surface area contributed by atoms with E-state index in [4.69, 9.17) is 9.47 Å². The Bertz CT molecular complexity index is 1850. The smallest absolute Gasteiger partial charge is 0.261 e. The van der Waals surface area contributed by atoms with Gasteiger partial charge >= 0.3 is 0 Å². The van der Waals surface area contributed by atoms with Gasteiger partial charge in [-0.3, -0.25) is 0 Å². The molecule has 39 heavy (non-hydrogen) atoms. The van der Waals surface area contributed by atoms with Crippen LogP contribution in [0.4, 0.5) is 17.1 Å². The summed E-state index contributed by atoms with van der Waals surface area (Å²) in [5.41, 5.74) is 7.84. The highest BCUT2D eigenvalue weighted by Gasteiger charge is 2.41. The standard InChI is InChI=1S/C35H24BNO2/c1-23-20-31-35-32(21-23)39-33-22-29(37(24-12-4-2-5-13-24)25-14-6-3-7-15-25)26-16-8-9-17-27(26)34(33)36(35)28-18-10-11-19-30(28)38-31/h2-22H,1H3. The van der Waals surface area contributed by atoms with Crippen LogP contribution in [0.2, 0.25) is 0 Å². The Morgan fingerprint density at radius 1 is 0.513 bits per heavy atom. The topological polar surface area (TPSA) is 21.7 Å². The zero-order valence-corrected chi connectivity index (χ0v) is 21.5. The third kappa shape index (κ3) is 3.38. The van der Waals surface area contributed by atoms with Gasteiger partial charge in [-0.05, 0) is 71.3 Å². The number of anilines is 3.